The third-order valence-electron chi connectivity index (χ3n) is 5.63. The zero-order chi connectivity index (χ0) is 21.3. The topological polar surface area (TPSA) is 71.4 Å². The molecule has 1 aromatic heterocycles. The molecule has 2 aromatic carbocycles. The van der Waals surface area contributed by atoms with Crippen LogP contribution in [0.25, 0.3) is 10.9 Å². The van der Waals surface area contributed by atoms with Crippen LogP contribution in [0.15, 0.2) is 59.6 Å². The Labute approximate surface area is 181 Å². The molecule has 158 valence electrons. The first-order chi connectivity index (χ1) is 14.3. The first-order valence-electron chi connectivity index (χ1n) is 9.92. The lowest BCUT2D eigenvalue weighted by Gasteiger charge is -2.31. The van der Waals surface area contributed by atoms with Crippen LogP contribution in [0.2, 0.25) is 5.02 Å². The fourth-order valence-corrected chi connectivity index (χ4v) is 5.57. The molecule has 0 radical (unpaired) electrons. The number of aromatic nitrogens is 1. The molecule has 0 spiro atoms. The number of carbonyl (C=O) groups excluding carboxylic acids is 1. The minimum absolute atomic E-state index is 0.122. The predicted octanol–water partition coefficient (Wildman–Crippen LogP) is 3.55. The van der Waals surface area contributed by atoms with E-state index in [1.807, 2.05) is 42.1 Å². The Balaban J connectivity index is 1.45. The smallest absolute Gasteiger partial charge is 0.243 e. The maximum atomic E-state index is 13.2. The highest BCUT2D eigenvalue weighted by molar-refractivity contribution is 7.89. The van der Waals surface area contributed by atoms with Crippen molar-refractivity contribution in [3.8, 4) is 0 Å². The summed E-state index contributed by atoms with van der Waals surface area (Å²) >= 11 is 5.89. The molecule has 1 amide bonds. The summed E-state index contributed by atoms with van der Waals surface area (Å²) in [5.41, 5.74) is 1.93. The quantitative estimate of drug-likeness (QED) is 0.652. The monoisotopic (exact) mass is 445 g/mol. The maximum Gasteiger partial charge on any atom is 0.243 e. The summed E-state index contributed by atoms with van der Waals surface area (Å²) in [7, 11) is -1.73. The number of benzene rings is 2. The van der Waals surface area contributed by atoms with Crippen LogP contribution >= 0.6 is 11.6 Å². The molecule has 6 nitrogen and oxygen atoms in total. The largest absolute Gasteiger partial charge is 0.352 e. The summed E-state index contributed by atoms with van der Waals surface area (Å²) in [6, 6.07) is 14.3. The van der Waals surface area contributed by atoms with E-state index in [9.17, 15) is 13.2 Å². The maximum absolute atomic E-state index is 13.2. The molecule has 1 fully saturated rings. The van der Waals surface area contributed by atoms with Gasteiger partial charge >= 0.3 is 0 Å². The average molecular weight is 446 g/mol. The van der Waals surface area contributed by atoms with Crippen molar-refractivity contribution in [3.05, 3.63) is 65.3 Å². The van der Waals surface area contributed by atoms with E-state index in [0.29, 0.717) is 31.0 Å². The second-order valence-corrected chi connectivity index (χ2v) is 10.1. The minimum atomic E-state index is -3.65. The molecule has 1 saturated heterocycles. The van der Waals surface area contributed by atoms with Crippen LogP contribution in [0, 0.1) is 5.92 Å². The van der Waals surface area contributed by atoms with Gasteiger partial charge in [-0.05, 0) is 54.8 Å². The normalized spacial score (nSPS) is 17.9. The van der Waals surface area contributed by atoms with Gasteiger partial charge in [-0.3, -0.25) is 4.79 Å². The molecular formula is C22H24ClN3O3S. The van der Waals surface area contributed by atoms with E-state index in [0.717, 1.165) is 16.5 Å². The van der Waals surface area contributed by atoms with Crippen molar-refractivity contribution < 1.29 is 13.2 Å². The number of amides is 1. The van der Waals surface area contributed by atoms with Crippen molar-refractivity contribution in [2.75, 3.05) is 13.1 Å². The molecule has 1 unspecified atom stereocenters. The first kappa shape index (κ1) is 20.9. The number of carbonyl (C=O) groups is 1. The average Bonchev–Trinajstić information content (AvgIpc) is 3.13. The Morgan fingerprint density at radius 3 is 2.70 bits per heavy atom. The fourth-order valence-electron chi connectivity index (χ4n) is 3.88. The second kappa shape index (κ2) is 8.41. The van der Waals surface area contributed by atoms with Gasteiger partial charge in [-0.15, -0.1) is 0 Å². The lowest BCUT2D eigenvalue weighted by atomic mass is 9.99. The Bertz CT molecular complexity index is 1170. The van der Waals surface area contributed by atoms with Gasteiger partial charge in [0.1, 0.15) is 0 Å². The third kappa shape index (κ3) is 4.24. The molecule has 30 heavy (non-hydrogen) atoms. The van der Waals surface area contributed by atoms with Crippen molar-refractivity contribution in [2.24, 2.45) is 13.0 Å². The number of hydrogen-bond donors (Lipinski definition) is 1. The van der Waals surface area contributed by atoms with Crippen molar-refractivity contribution in [1.29, 1.82) is 0 Å². The van der Waals surface area contributed by atoms with Gasteiger partial charge < -0.3 is 9.88 Å². The van der Waals surface area contributed by atoms with E-state index < -0.39 is 10.0 Å². The van der Waals surface area contributed by atoms with Gasteiger partial charge in [0.15, 0.2) is 0 Å². The summed E-state index contributed by atoms with van der Waals surface area (Å²) in [5.74, 6) is -0.482. The first-order valence-corrected chi connectivity index (χ1v) is 11.7. The lowest BCUT2D eigenvalue weighted by Crippen LogP contribution is -2.45. The number of halogens is 1. The van der Waals surface area contributed by atoms with E-state index >= 15 is 0 Å². The van der Waals surface area contributed by atoms with Gasteiger partial charge in [-0.1, -0.05) is 23.7 Å². The van der Waals surface area contributed by atoms with E-state index in [4.69, 9.17) is 11.6 Å². The van der Waals surface area contributed by atoms with Crippen LogP contribution in [-0.4, -0.2) is 36.3 Å². The van der Waals surface area contributed by atoms with E-state index in [1.165, 1.54) is 4.31 Å². The molecule has 1 aliphatic heterocycles. The molecule has 0 bridgehead atoms. The highest BCUT2D eigenvalue weighted by Crippen LogP contribution is 2.26. The summed E-state index contributed by atoms with van der Waals surface area (Å²) < 4.78 is 29.8. The molecule has 1 N–H and O–H groups in total. The minimum Gasteiger partial charge on any atom is -0.352 e. The number of sulfonamides is 1. The Hall–Kier alpha value is -2.35. The Morgan fingerprint density at radius 2 is 1.93 bits per heavy atom. The van der Waals surface area contributed by atoms with Crippen LogP contribution in [-0.2, 0) is 28.4 Å². The summed E-state index contributed by atoms with van der Waals surface area (Å²) in [6.07, 6.45) is 3.24. The summed E-state index contributed by atoms with van der Waals surface area (Å²) in [4.78, 5) is 12.9. The number of nitrogens with one attached hydrogen (secondary N) is 1. The van der Waals surface area contributed by atoms with Crippen molar-refractivity contribution in [3.63, 3.8) is 0 Å². The zero-order valence-electron chi connectivity index (χ0n) is 16.7. The molecule has 1 aliphatic rings. The second-order valence-electron chi connectivity index (χ2n) is 7.69. The van der Waals surface area contributed by atoms with Crippen molar-refractivity contribution >= 4 is 38.4 Å². The zero-order valence-corrected chi connectivity index (χ0v) is 18.3. The van der Waals surface area contributed by atoms with Crippen LogP contribution in [0.5, 0.6) is 0 Å². The standard InChI is InChI=1S/C22H24ClN3O3S/c1-25-12-10-17-13-20(8-9-21(17)25)30(28,29)26-11-2-3-18(15-26)22(27)24-14-16-4-6-19(23)7-5-16/h4-10,12-13,18H,2-3,11,14-15H2,1H3,(H,24,27). The molecule has 2 heterocycles. The highest BCUT2D eigenvalue weighted by Gasteiger charge is 2.33. The molecule has 0 saturated carbocycles. The highest BCUT2D eigenvalue weighted by atomic mass is 35.5. The van der Waals surface area contributed by atoms with Crippen LogP contribution in [0.4, 0.5) is 0 Å². The van der Waals surface area contributed by atoms with E-state index in [1.54, 1.807) is 24.3 Å². The number of nitrogens with zero attached hydrogens (tertiary/aromatic N) is 2. The fraction of sp³-hybridized carbons (Fsp3) is 0.318. The number of piperidine rings is 1. The summed E-state index contributed by atoms with van der Waals surface area (Å²) in [6.45, 7) is 1.02. The van der Waals surface area contributed by atoms with Gasteiger partial charge in [0.25, 0.3) is 0 Å². The van der Waals surface area contributed by atoms with Crippen LogP contribution < -0.4 is 5.32 Å². The molecule has 3 aromatic rings. The van der Waals surface area contributed by atoms with Gasteiger partial charge in [0.2, 0.25) is 15.9 Å². The van der Waals surface area contributed by atoms with E-state index in [-0.39, 0.29) is 23.3 Å². The van der Waals surface area contributed by atoms with Crippen LogP contribution in [0.3, 0.4) is 0 Å². The van der Waals surface area contributed by atoms with Gasteiger partial charge in [-0.25, -0.2) is 8.42 Å². The molecule has 0 aliphatic carbocycles. The SMILES string of the molecule is Cn1ccc2cc(S(=O)(=O)N3CCCC(C(=O)NCc4ccc(Cl)cc4)C3)ccc21. The molecule has 4 rings (SSSR count). The number of fused-ring (bicyclic) bond motifs is 1. The predicted molar refractivity (Wildman–Crippen MR) is 118 cm³/mol. The van der Waals surface area contributed by atoms with Crippen LogP contribution in [0.1, 0.15) is 18.4 Å². The Morgan fingerprint density at radius 1 is 1.17 bits per heavy atom. The molecular weight excluding hydrogens is 422 g/mol. The Kier molecular flexibility index (Phi) is 5.86. The number of rotatable bonds is 5. The lowest BCUT2D eigenvalue weighted by molar-refractivity contribution is -0.126. The summed E-state index contributed by atoms with van der Waals surface area (Å²) in [5, 5.41) is 4.45. The number of hydrogen-bond acceptors (Lipinski definition) is 3. The van der Waals surface area contributed by atoms with E-state index in [2.05, 4.69) is 5.32 Å². The molecule has 8 heteroatoms. The van der Waals surface area contributed by atoms with Crippen molar-refractivity contribution in [2.45, 2.75) is 24.3 Å². The van der Waals surface area contributed by atoms with Gasteiger partial charge in [-0.2, -0.15) is 4.31 Å². The third-order valence-corrected chi connectivity index (χ3v) is 7.74. The number of aryl methyl sites for hydroxylation is 1. The van der Waals surface area contributed by atoms with Crippen molar-refractivity contribution in [1.82, 2.24) is 14.2 Å². The van der Waals surface area contributed by atoms with Gasteiger partial charge in [0, 0.05) is 48.8 Å². The molecule has 1 atom stereocenters. The van der Waals surface area contributed by atoms with Gasteiger partial charge in [0.05, 0.1) is 10.8 Å².